The number of aryl methyl sites for hydroxylation is 1. The zero-order chi connectivity index (χ0) is 23.3. The van der Waals surface area contributed by atoms with Gasteiger partial charge >= 0.3 is 0 Å². The quantitative estimate of drug-likeness (QED) is 0.432. The second-order valence-corrected chi connectivity index (χ2v) is 7.26. The summed E-state index contributed by atoms with van der Waals surface area (Å²) in [6, 6.07) is 8.52. The van der Waals surface area contributed by atoms with Crippen molar-refractivity contribution < 1.29 is 23.8 Å². The van der Waals surface area contributed by atoms with Crippen molar-refractivity contribution in [2.45, 2.75) is 6.92 Å². The summed E-state index contributed by atoms with van der Waals surface area (Å²) in [5.74, 6) is 0.582. The molecule has 2 amide bonds. The Morgan fingerprint density at radius 2 is 1.64 bits per heavy atom. The molecule has 0 fully saturated rings. The smallest absolute Gasteiger partial charge is 0.267 e. The van der Waals surface area contributed by atoms with Gasteiger partial charge in [-0.3, -0.25) is 9.59 Å². The molecule has 33 heavy (non-hydrogen) atoms. The molecule has 0 bridgehead atoms. The van der Waals surface area contributed by atoms with E-state index in [0.29, 0.717) is 45.5 Å². The second kappa shape index (κ2) is 7.59. The fraction of sp³-hybridized carbons (Fsp3) is 0.174. The van der Waals surface area contributed by atoms with E-state index in [-0.39, 0.29) is 11.1 Å². The number of carbonyl (C=O) groups excluding carboxylic acids is 2. The molecule has 0 atom stereocenters. The maximum atomic E-state index is 13.6. The Morgan fingerprint density at radius 3 is 2.24 bits per heavy atom. The van der Waals surface area contributed by atoms with Crippen LogP contribution in [0, 0.1) is 6.92 Å². The number of anilines is 1. The summed E-state index contributed by atoms with van der Waals surface area (Å²) in [7, 11) is 4.41. The van der Waals surface area contributed by atoms with E-state index in [1.807, 2.05) is 6.07 Å². The summed E-state index contributed by atoms with van der Waals surface area (Å²) >= 11 is 0. The third-order valence-electron chi connectivity index (χ3n) is 5.50. The third kappa shape index (κ3) is 2.91. The number of rotatable bonds is 5. The number of carbonyl (C=O) groups is 2. The number of hydrogen-bond acceptors (Lipinski definition) is 8. The molecule has 0 saturated carbocycles. The topological polar surface area (TPSA) is 109 Å². The summed E-state index contributed by atoms with van der Waals surface area (Å²) < 4.78 is 17.7. The molecule has 1 aliphatic heterocycles. The number of methoxy groups -OCH3 is 3. The Kier molecular flexibility index (Phi) is 4.70. The van der Waals surface area contributed by atoms with Gasteiger partial charge in [0.15, 0.2) is 23.0 Å². The lowest BCUT2D eigenvalue weighted by Crippen LogP contribution is -2.29. The molecule has 0 unspecified atom stereocenters. The van der Waals surface area contributed by atoms with Crippen molar-refractivity contribution in [3.8, 4) is 23.1 Å². The van der Waals surface area contributed by atoms with Crippen LogP contribution in [0.15, 0.2) is 42.7 Å². The lowest BCUT2D eigenvalue weighted by Gasteiger charge is -2.18. The highest BCUT2D eigenvalue weighted by Gasteiger charge is 2.40. The largest absolute Gasteiger partial charge is 0.493 e. The highest BCUT2D eigenvalue weighted by Crippen LogP contribution is 2.43. The minimum Gasteiger partial charge on any atom is -0.493 e. The minimum absolute atomic E-state index is 0.199. The lowest BCUT2D eigenvalue weighted by molar-refractivity contribution is 0.0926. The molecular formula is C23H19N5O5. The highest BCUT2D eigenvalue weighted by atomic mass is 16.5. The molecule has 0 spiro atoms. The van der Waals surface area contributed by atoms with Gasteiger partial charge in [-0.2, -0.15) is 9.78 Å². The van der Waals surface area contributed by atoms with Gasteiger partial charge < -0.3 is 14.2 Å². The molecule has 0 N–H and O–H groups in total. The summed E-state index contributed by atoms with van der Waals surface area (Å²) in [5, 5.41) is 5.03. The van der Waals surface area contributed by atoms with E-state index in [1.165, 1.54) is 27.5 Å². The van der Waals surface area contributed by atoms with Crippen LogP contribution in [0.1, 0.15) is 26.4 Å². The molecule has 1 aromatic carbocycles. The Hall–Kier alpha value is -4.47. The van der Waals surface area contributed by atoms with E-state index in [1.54, 1.807) is 42.1 Å². The van der Waals surface area contributed by atoms with Gasteiger partial charge in [-0.1, -0.05) is 6.07 Å². The van der Waals surface area contributed by atoms with Crippen molar-refractivity contribution in [1.29, 1.82) is 0 Å². The maximum Gasteiger partial charge on any atom is 0.267 e. The van der Waals surface area contributed by atoms with E-state index >= 15 is 0 Å². The van der Waals surface area contributed by atoms with Crippen LogP contribution in [-0.2, 0) is 0 Å². The normalized spacial score (nSPS) is 12.9. The summed E-state index contributed by atoms with van der Waals surface area (Å²) in [6.45, 7) is 1.77. The number of imide groups is 1. The van der Waals surface area contributed by atoms with Crippen LogP contribution in [-0.4, -0.2) is 52.9 Å². The summed E-state index contributed by atoms with van der Waals surface area (Å²) in [6.07, 6.45) is 3.04. The molecule has 10 heteroatoms. The fourth-order valence-corrected chi connectivity index (χ4v) is 4.03. The molecule has 0 radical (unpaired) electrons. The number of nitrogens with zero attached hydrogens (tertiary/aromatic N) is 5. The van der Waals surface area contributed by atoms with Crippen LogP contribution < -0.4 is 19.1 Å². The van der Waals surface area contributed by atoms with E-state index in [4.69, 9.17) is 14.2 Å². The SMILES string of the molecule is COc1cc(N2C(=O)c3cnc4c(c(C)nn4-c4ccccn4)c3C2=O)cc(OC)c1OC. The van der Waals surface area contributed by atoms with E-state index < -0.39 is 11.8 Å². The molecule has 10 nitrogen and oxygen atoms in total. The number of aromatic nitrogens is 4. The monoisotopic (exact) mass is 445 g/mol. The van der Waals surface area contributed by atoms with Crippen molar-refractivity contribution >= 4 is 28.5 Å². The van der Waals surface area contributed by atoms with Crippen molar-refractivity contribution in [1.82, 2.24) is 19.7 Å². The van der Waals surface area contributed by atoms with Crippen molar-refractivity contribution in [3.05, 3.63) is 59.5 Å². The summed E-state index contributed by atoms with van der Waals surface area (Å²) in [5.41, 5.74) is 1.74. The van der Waals surface area contributed by atoms with Crippen LogP contribution in [0.3, 0.4) is 0 Å². The van der Waals surface area contributed by atoms with Gasteiger partial charge in [0.2, 0.25) is 5.75 Å². The van der Waals surface area contributed by atoms with Gasteiger partial charge in [-0.05, 0) is 19.1 Å². The van der Waals surface area contributed by atoms with Crippen molar-refractivity contribution in [3.63, 3.8) is 0 Å². The number of benzene rings is 1. The van der Waals surface area contributed by atoms with Gasteiger partial charge in [-0.15, -0.1) is 0 Å². The van der Waals surface area contributed by atoms with Crippen LogP contribution in [0.25, 0.3) is 16.9 Å². The Bertz CT molecular complexity index is 1410. The lowest BCUT2D eigenvalue weighted by atomic mass is 10.1. The van der Waals surface area contributed by atoms with Crippen LogP contribution in [0.2, 0.25) is 0 Å². The van der Waals surface area contributed by atoms with Gasteiger partial charge in [0.05, 0.1) is 49.2 Å². The average Bonchev–Trinajstić information content (AvgIpc) is 3.32. The second-order valence-electron chi connectivity index (χ2n) is 7.26. The predicted octanol–water partition coefficient (Wildman–Crippen LogP) is 2.95. The van der Waals surface area contributed by atoms with Crippen LogP contribution in [0.4, 0.5) is 5.69 Å². The maximum absolute atomic E-state index is 13.6. The third-order valence-corrected chi connectivity index (χ3v) is 5.50. The average molecular weight is 445 g/mol. The van der Waals surface area contributed by atoms with Crippen molar-refractivity contribution in [2.24, 2.45) is 0 Å². The molecular weight excluding hydrogens is 426 g/mol. The molecule has 0 saturated heterocycles. The van der Waals surface area contributed by atoms with E-state index in [9.17, 15) is 9.59 Å². The standard InChI is InChI=1S/C23H19N5O5/c1-12-18-19-14(11-25-21(18)28(26-12)17-7-5-6-8-24-17)22(29)27(23(19)30)13-9-15(31-2)20(33-4)16(10-13)32-3/h5-11H,1-4H3. The minimum atomic E-state index is -0.497. The zero-order valence-electron chi connectivity index (χ0n) is 18.3. The number of hydrogen-bond donors (Lipinski definition) is 0. The fourth-order valence-electron chi connectivity index (χ4n) is 4.03. The molecule has 1 aliphatic rings. The van der Waals surface area contributed by atoms with E-state index in [0.717, 1.165) is 4.90 Å². The van der Waals surface area contributed by atoms with E-state index in [2.05, 4.69) is 15.1 Å². The molecule has 4 heterocycles. The number of fused-ring (bicyclic) bond motifs is 3. The van der Waals surface area contributed by atoms with Gasteiger partial charge in [0.25, 0.3) is 11.8 Å². The molecule has 3 aromatic heterocycles. The predicted molar refractivity (Wildman–Crippen MR) is 119 cm³/mol. The molecule has 5 rings (SSSR count). The van der Waals surface area contributed by atoms with Crippen LogP contribution in [0.5, 0.6) is 17.2 Å². The number of pyridine rings is 2. The van der Waals surface area contributed by atoms with Gasteiger partial charge in [0, 0.05) is 24.5 Å². The van der Waals surface area contributed by atoms with Gasteiger partial charge in [-0.25, -0.2) is 14.9 Å². The first kappa shape index (κ1) is 20.4. The molecule has 4 aromatic rings. The van der Waals surface area contributed by atoms with Crippen molar-refractivity contribution in [2.75, 3.05) is 26.2 Å². The molecule has 0 aliphatic carbocycles. The number of ether oxygens (including phenoxy) is 3. The Morgan fingerprint density at radius 1 is 0.909 bits per heavy atom. The first-order valence-electron chi connectivity index (χ1n) is 9.98. The zero-order valence-corrected chi connectivity index (χ0v) is 18.3. The van der Waals surface area contributed by atoms with Gasteiger partial charge in [0.1, 0.15) is 0 Å². The summed E-state index contributed by atoms with van der Waals surface area (Å²) in [4.78, 5) is 36.7. The Labute approximate surface area is 188 Å². The molecule has 166 valence electrons. The Balaban J connectivity index is 1.69. The van der Waals surface area contributed by atoms with Crippen LogP contribution >= 0.6 is 0 Å². The highest BCUT2D eigenvalue weighted by molar-refractivity contribution is 6.37. The number of amides is 2. The first-order chi connectivity index (χ1) is 16.0. The first-order valence-corrected chi connectivity index (χ1v) is 9.98.